The van der Waals surface area contributed by atoms with Crippen molar-refractivity contribution in [1.82, 2.24) is 0 Å². The van der Waals surface area contributed by atoms with Gasteiger partial charge in [0.05, 0.1) is 1.37 Å². The Balaban J connectivity index is 2.48. The molecule has 0 amide bonds. The lowest BCUT2D eigenvalue weighted by Gasteiger charge is -2.02. The van der Waals surface area contributed by atoms with Crippen molar-refractivity contribution < 1.29 is 4.11 Å². The number of fused-ring (bicyclic) bond motifs is 3. The van der Waals surface area contributed by atoms with Gasteiger partial charge in [-0.2, -0.15) is 0 Å². The monoisotopic (exact) mass is 183 g/mol. The van der Waals surface area contributed by atoms with Gasteiger partial charge < -0.3 is 0 Å². The van der Waals surface area contributed by atoms with Crippen molar-refractivity contribution >= 4 is 0 Å². The molecule has 0 spiro atoms. The fourth-order valence-corrected chi connectivity index (χ4v) is 1.92. The topological polar surface area (TPSA) is 0 Å². The van der Waals surface area contributed by atoms with Gasteiger partial charge in [-0.05, 0) is 41.1 Å². The number of hydrogen-bond acceptors (Lipinski definition) is 0. The van der Waals surface area contributed by atoms with Gasteiger partial charge in [-0.1, -0.05) is 42.4 Å². The van der Waals surface area contributed by atoms with Gasteiger partial charge in [-0.3, -0.25) is 0 Å². The molecule has 0 unspecified atom stereocenters. The lowest BCUT2D eigenvalue weighted by Crippen LogP contribution is -1.84. The van der Waals surface area contributed by atoms with Crippen molar-refractivity contribution in [1.29, 1.82) is 0 Å². The van der Waals surface area contributed by atoms with Gasteiger partial charge in [0.25, 0.3) is 0 Å². The first-order chi connectivity index (χ1) is 8.03. The fraction of sp³-hybridized carbons (Fsp3) is 0.143. The second-order valence-corrected chi connectivity index (χ2v) is 3.58. The van der Waals surface area contributed by atoms with Crippen LogP contribution in [0.1, 0.15) is 20.8 Å². The molecule has 0 atom stereocenters. The van der Waals surface area contributed by atoms with Gasteiger partial charge in [0.2, 0.25) is 0 Å². The largest absolute Gasteiger partial charge is 0.0629 e. The van der Waals surface area contributed by atoms with Gasteiger partial charge >= 0.3 is 0 Å². The Morgan fingerprint density at radius 3 is 2.93 bits per heavy atom. The molecule has 0 saturated carbocycles. The maximum atomic E-state index is 8.27. The average Bonchev–Trinajstić information content (AvgIpc) is 2.55. The normalized spacial score (nSPS) is 19.1. The van der Waals surface area contributed by atoms with E-state index in [4.69, 9.17) is 4.11 Å². The van der Waals surface area contributed by atoms with E-state index in [9.17, 15) is 0 Å². The Hall–Kier alpha value is -1.56. The van der Waals surface area contributed by atoms with E-state index >= 15 is 0 Å². The molecule has 0 aromatic heterocycles. The van der Waals surface area contributed by atoms with Crippen LogP contribution in [0.2, 0.25) is 0 Å². The van der Waals surface area contributed by atoms with Crippen LogP contribution in [-0.2, 0) is 6.37 Å². The molecule has 1 aliphatic rings. The zero-order valence-electron chi connectivity index (χ0n) is 11.0. The lowest BCUT2D eigenvalue weighted by atomic mass is 10.0. The number of rotatable bonds is 0. The Morgan fingerprint density at radius 1 is 1.14 bits per heavy atom. The van der Waals surface area contributed by atoms with Crippen molar-refractivity contribution in [3.05, 3.63) is 59.1 Å². The molecule has 1 aliphatic carbocycles. The molecule has 2 aromatic carbocycles. The molecule has 0 fully saturated rings. The first-order valence-corrected chi connectivity index (χ1v) is 4.74. The molecule has 0 saturated heterocycles. The summed E-state index contributed by atoms with van der Waals surface area (Å²) >= 11 is 0. The van der Waals surface area contributed by atoms with Crippen LogP contribution in [0.4, 0.5) is 0 Å². The first kappa shape index (κ1) is 5.35. The third-order valence-electron chi connectivity index (χ3n) is 2.66. The van der Waals surface area contributed by atoms with Crippen LogP contribution in [0.15, 0.2) is 42.4 Å². The highest BCUT2D eigenvalue weighted by Crippen LogP contribution is 2.37. The summed E-state index contributed by atoms with van der Waals surface area (Å²) in [6.45, 7) is 1.90. The molecule has 2 aromatic rings. The molecule has 0 bridgehead atoms. The smallest absolute Gasteiger partial charge is 0.0619 e. The fourth-order valence-electron chi connectivity index (χ4n) is 1.92. The molecule has 0 nitrogen and oxygen atoms in total. The summed E-state index contributed by atoms with van der Waals surface area (Å²) < 4.78 is 24.5. The molecular weight excluding hydrogens is 168 g/mol. The molecule has 0 radical (unpaired) electrons. The summed E-state index contributed by atoms with van der Waals surface area (Å²) in [5, 5.41) is 0. The second kappa shape index (κ2) is 2.71. The molecule has 68 valence electrons. The van der Waals surface area contributed by atoms with Crippen LogP contribution in [0, 0.1) is 6.92 Å². The summed E-state index contributed by atoms with van der Waals surface area (Å²) in [6.07, 6.45) is -1.48. The average molecular weight is 183 g/mol. The van der Waals surface area contributed by atoms with Crippen LogP contribution in [0.25, 0.3) is 11.1 Å². The van der Waals surface area contributed by atoms with Crippen LogP contribution >= 0.6 is 0 Å². The van der Waals surface area contributed by atoms with E-state index in [0.29, 0.717) is 17.2 Å². The van der Waals surface area contributed by atoms with E-state index in [1.165, 1.54) is 0 Å². The Labute approximate surface area is 88.4 Å². The second-order valence-electron chi connectivity index (χ2n) is 3.58. The molecule has 0 heteroatoms. The molecule has 3 rings (SSSR count). The van der Waals surface area contributed by atoms with Crippen molar-refractivity contribution in [3.63, 3.8) is 0 Å². The minimum Gasteiger partial charge on any atom is -0.0619 e. The van der Waals surface area contributed by atoms with E-state index in [0.717, 1.165) is 16.7 Å². The Bertz CT molecular complexity index is 615. The lowest BCUT2D eigenvalue weighted by molar-refractivity contribution is 1.22. The number of aryl methyl sites for hydroxylation is 1. The van der Waals surface area contributed by atoms with Crippen molar-refractivity contribution in [2.45, 2.75) is 13.3 Å². The molecule has 14 heavy (non-hydrogen) atoms. The van der Waals surface area contributed by atoms with Gasteiger partial charge in [0.15, 0.2) is 0 Å². The van der Waals surface area contributed by atoms with E-state index in [1.54, 1.807) is 6.07 Å². The minimum absolute atomic E-state index is 0.402. The van der Waals surface area contributed by atoms with Crippen LogP contribution in [0.3, 0.4) is 0 Å². The van der Waals surface area contributed by atoms with Gasteiger partial charge in [-0.15, -0.1) is 0 Å². The Morgan fingerprint density at radius 2 is 2.00 bits per heavy atom. The number of benzene rings is 2. The predicted octanol–water partition coefficient (Wildman–Crippen LogP) is 3.57. The third-order valence-corrected chi connectivity index (χ3v) is 2.66. The van der Waals surface area contributed by atoms with Crippen LogP contribution in [0.5, 0.6) is 0 Å². The molecule has 0 N–H and O–H groups in total. The van der Waals surface area contributed by atoms with E-state index in [2.05, 4.69) is 0 Å². The van der Waals surface area contributed by atoms with Gasteiger partial charge in [0.1, 0.15) is 0 Å². The summed E-state index contributed by atoms with van der Waals surface area (Å²) in [5.41, 5.74) is 3.87. The molecular formula is C14H12. The quantitative estimate of drug-likeness (QED) is 0.585. The van der Waals surface area contributed by atoms with Crippen LogP contribution in [-0.4, -0.2) is 0 Å². The molecule has 0 heterocycles. The first-order valence-electron chi connectivity index (χ1n) is 6.24. The summed E-state index contributed by atoms with van der Waals surface area (Å²) in [7, 11) is 0. The van der Waals surface area contributed by atoms with Gasteiger partial charge in [0, 0.05) is 2.74 Å². The third kappa shape index (κ3) is 0.941. The van der Waals surface area contributed by atoms with Crippen LogP contribution < -0.4 is 0 Å². The predicted molar refractivity (Wildman–Crippen MR) is 59.4 cm³/mol. The zero-order valence-corrected chi connectivity index (χ0v) is 7.96. The van der Waals surface area contributed by atoms with Crippen molar-refractivity contribution in [2.75, 3.05) is 0 Å². The van der Waals surface area contributed by atoms with E-state index in [1.807, 2.05) is 37.3 Å². The maximum absolute atomic E-state index is 8.27. The summed E-state index contributed by atoms with van der Waals surface area (Å²) in [5.74, 6) is 0. The highest BCUT2D eigenvalue weighted by atomic mass is 14.2. The van der Waals surface area contributed by atoms with Gasteiger partial charge in [-0.25, -0.2) is 0 Å². The highest BCUT2D eigenvalue weighted by molar-refractivity contribution is 5.77. The minimum atomic E-state index is -1.48. The summed E-state index contributed by atoms with van der Waals surface area (Å²) in [6, 6.07) is 11.4. The van der Waals surface area contributed by atoms with E-state index < -0.39 is 6.37 Å². The standard InChI is InChI=1S/C14H12/c1-10-5-4-8-13-12-7-3-2-6-11(12)9-14(10)13/h2-8H,9H2,1H3/i8D,9D2. The Kier molecular flexibility index (Phi) is 1.04. The SMILES string of the molecule is [2H]c1ccc(C)c2c1-c1ccccc1C2([2H])[2H]. The highest BCUT2D eigenvalue weighted by Gasteiger charge is 2.18. The molecule has 0 aliphatic heterocycles. The summed E-state index contributed by atoms with van der Waals surface area (Å²) in [4.78, 5) is 0. The number of hydrogen-bond donors (Lipinski definition) is 0. The zero-order chi connectivity index (χ0) is 12.2. The maximum Gasteiger partial charge on any atom is 0.0629 e. The van der Waals surface area contributed by atoms with E-state index in [-0.39, 0.29) is 0 Å². The van der Waals surface area contributed by atoms with Crippen molar-refractivity contribution in [2.24, 2.45) is 0 Å². The van der Waals surface area contributed by atoms with Crippen molar-refractivity contribution in [3.8, 4) is 11.1 Å².